The van der Waals surface area contributed by atoms with Crippen LogP contribution in [0.2, 0.25) is 0 Å². The summed E-state index contributed by atoms with van der Waals surface area (Å²) in [6.07, 6.45) is 5.27. The van der Waals surface area contributed by atoms with Crippen LogP contribution >= 0.6 is 0 Å². The number of hydrogen-bond donors (Lipinski definition) is 1. The van der Waals surface area contributed by atoms with Gasteiger partial charge in [0.25, 0.3) is 0 Å². The van der Waals surface area contributed by atoms with Crippen LogP contribution < -0.4 is 10.1 Å². The Morgan fingerprint density at radius 2 is 1.92 bits per heavy atom. The average Bonchev–Trinajstić information content (AvgIpc) is 2.61. The molecule has 1 atom stereocenters. The predicted molar refractivity (Wildman–Crippen MR) is 101 cm³/mol. The molecule has 3 heteroatoms. The molecule has 3 nitrogen and oxygen atoms in total. The van der Waals surface area contributed by atoms with Gasteiger partial charge in [0.2, 0.25) is 5.91 Å². The summed E-state index contributed by atoms with van der Waals surface area (Å²) in [6.45, 7) is 4.47. The zero-order valence-corrected chi connectivity index (χ0v) is 15.2. The summed E-state index contributed by atoms with van der Waals surface area (Å²) in [5.41, 5.74) is 5.27. The van der Waals surface area contributed by atoms with E-state index >= 15 is 0 Å². The zero-order valence-electron chi connectivity index (χ0n) is 15.2. The van der Waals surface area contributed by atoms with Gasteiger partial charge in [0.15, 0.2) is 0 Å². The Morgan fingerprint density at radius 1 is 1.12 bits per heavy atom. The van der Waals surface area contributed by atoms with Gasteiger partial charge in [-0.3, -0.25) is 4.79 Å². The van der Waals surface area contributed by atoms with Gasteiger partial charge in [-0.25, -0.2) is 0 Å². The predicted octanol–water partition coefficient (Wildman–Crippen LogP) is 4.52. The van der Waals surface area contributed by atoms with Gasteiger partial charge in [-0.1, -0.05) is 30.3 Å². The summed E-state index contributed by atoms with van der Waals surface area (Å²) in [6, 6.07) is 14.6. The minimum absolute atomic E-state index is 0.0258. The molecule has 0 heterocycles. The van der Waals surface area contributed by atoms with Gasteiger partial charge < -0.3 is 10.1 Å². The molecule has 0 bridgehead atoms. The van der Waals surface area contributed by atoms with Crippen molar-refractivity contribution in [1.29, 1.82) is 0 Å². The number of benzene rings is 2. The van der Waals surface area contributed by atoms with Gasteiger partial charge in [-0.05, 0) is 73.9 Å². The van der Waals surface area contributed by atoms with Crippen molar-refractivity contribution in [2.45, 2.75) is 52.0 Å². The van der Waals surface area contributed by atoms with Crippen LogP contribution in [0, 0.1) is 6.92 Å². The lowest BCUT2D eigenvalue weighted by atomic mass is 9.89. The Kier molecular flexibility index (Phi) is 5.75. The van der Waals surface area contributed by atoms with E-state index in [1.54, 1.807) is 0 Å². The first kappa shape index (κ1) is 17.5. The van der Waals surface area contributed by atoms with Gasteiger partial charge in [0, 0.05) is 0 Å². The molecule has 0 spiro atoms. The molecule has 25 heavy (non-hydrogen) atoms. The van der Waals surface area contributed by atoms with Gasteiger partial charge in [0.05, 0.1) is 19.1 Å². The molecule has 2 aromatic rings. The van der Waals surface area contributed by atoms with E-state index in [4.69, 9.17) is 4.74 Å². The number of hydrogen-bond acceptors (Lipinski definition) is 2. The first-order chi connectivity index (χ1) is 12.1. The van der Waals surface area contributed by atoms with Crippen molar-refractivity contribution < 1.29 is 9.53 Å². The largest absolute Gasteiger partial charge is 0.493 e. The Labute approximate surface area is 150 Å². The molecule has 0 saturated heterocycles. The molecular weight excluding hydrogens is 310 g/mol. The normalized spacial score (nSPS) is 14.5. The molecule has 1 unspecified atom stereocenters. The summed E-state index contributed by atoms with van der Waals surface area (Å²) in [4.78, 5) is 12.2. The topological polar surface area (TPSA) is 38.3 Å². The van der Waals surface area contributed by atoms with E-state index in [1.807, 2.05) is 38.1 Å². The Balaban J connectivity index is 1.49. The van der Waals surface area contributed by atoms with Gasteiger partial charge in [-0.15, -0.1) is 0 Å². The zero-order chi connectivity index (χ0) is 17.6. The molecule has 1 aliphatic rings. The molecule has 132 valence electrons. The molecule has 0 saturated carbocycles. The van der Waals surface area contributed by atoms with E-state index in [2.05, 4.69) is 23.5 Å². The van der Waals surface area contributed by atoms with Crippen molar-refractivity contribution in [3.63, 3.8) is 0 Å². The third kappa shape index (κ3) is 4.85. The Morgan fingerprint density at radius 3 is 2.72 bits per heavy atom. The van der Waals surface area contributed by atoms with Crippen molar-refractivity contribution >= 4 is 5.91 Å². The first-order valence-corrected chi connectivity index (χ1v) is 9.22. The third-order valence-electron chi connectivity index (χ3n) is 4.84. The van der Waals surface area contributed by atoms with E-state index in [0.29, 0.717) is 13.0 Å². The highest BCUT2D eigenvalue weighted by Crippen LogP contribution is 2.24. The van der Waals surface area contributed by atoms with Crippen molar-refractivity contribution in [2.75, 3.05) is 6.61 Å². The van der Waals surface area contributed by atoms with Crippen LogP contribution in [0.1, 0.15) is 54.5 Å². The average molecular weight is 337 g/mol. The van der Waals surface area contributed by atoms with E-state index < -0.39 is 0 Å². The number of ether oxygens (including phenoxy) is 1. The van der Waals surface area contributed by atoms with E-state index in [-0.39, 0.29) is 11.9 Å². The fraction of sp³-hybridized carbons (Fsp3) is 0.409. The number of carbonyl (C=O) groups is 1. The second-order valence-corrected chi connectivity index (χ2v) is 6.94. The van der Waals surface area contributed by atoms with Crippen LogP contribution in [0.5, 0.6) is 5.75 Å². The molecule has 0 aliphatic heterocycles. The second kappa shape index (κ2) is 8.19. The van der Waals surface area contributed by atoms with Gasteiger partial charge in [-0.2, -0.15) is 0 Å². The maximum Gasteiger partial charge on any atom is 0.223 e. The van der Waals surface area contributed by atoms with Gasteiger partial charge in [0.1, 0.15) is 5.75 Å². The summed E-state index contributed by atoms with van der Waals surface area (Å²) >= 11 is 0. The summed E-state index contributed by atoms with van der Waals surface area (Å²) in [5.74, 6) is 0.841. The molecule has 0 aromatic heterocycles. The molecule has 3 rings (SSSR count). The highest BCUT2D eigenvalue weighted by Gasteiger charge is 2.14. The maximum absolute atomic E-state index is 12.2. The Bertz CT molecular complexity index is 739. The highest BCUT2D eigenvalue weighted by molar-refractivity contribution is 5.76. The van der Waals surface area contributed by atoms with Crippen molar-refractivity contribution in [3.05, 3.63) is 64.7 Å². The molecule has 1 N–H and O–H groups in total. The van der Waals surface area contributed by atoms with E-state index in [9.17, 15) is 4.79 Å². The van der Waals surface area contributed by atoms with Crippen molar-refractivity contribution in [2.24, 2.45) is 0 Å². The first-order valence-electron chi connectivity index (χ1n) is 9.22. The third-order valence-corrected chi connectivity index (χ3v) is 4.84. The number of nitrogens with one attached hydrogen (secondary N) is 1. The number of amides is 1. The minimum Gasteiger partial charge on any atom is -0.493 e. The second-order valence-electron chi connectivity index (χ2n) is 6.94. The quantitative estimate of drug-likeness (QED) is 0.841. The number of carbonyl (C=O) groups excluding carboxylic acids is 1. The van der Waals surface area contributed by atoms with Gasteiger partial charge >= 0.3 is 0 Å². The van der Waals surface area contributed by atoms with Crippen LogP contribution in [0.15, 0.2) is 42.5 Å². The number of fused-ring (bicyclic) bond motifs is 1. The molecule has 0 fully saturated rings. The van der Waals surface area contributed by atoms with Crippen LogP contribution in [-0.2, 0) is 17.6 Å². The lowest BCUT2D eigenvalue weighted by molar-refractivity contribution is -0.122. The number of rotatable bonds is 6. The van der Waals surface area contributed by atoms with Crippen molar-refractivity contribution in [1.82, 2.24) is 5.32 Å². The van der Waals surface area contributed by atoms with Crippen LogP contribution in [0.4, 0.5) is 0 Å². The lowest BCUT2D eigenvalue weighted by Crippen LogP contribution is -2.28. The standard InChI is InChI=1S/C22H27NO2/c1-16-6-5-9-21(14-16)25-13-12-22(24)23-17(2)19-11-10-18-7-3-4-8-20(18)15-19/h5-6,9-11,14-15,17H,3-4,7-8,12-13H2,1-2H3,(H,23,24). The summed E-state index contributed by atoms with van der Waals surface area (Å²) in [5, 5.41) is 3.08. The number of aryl methyl sites for hydroxylation is 3. The monoisotopic (exact) mass is 337 g/mol. The van der Waals surface area contributed by atoms with Crippen molar-refractivity contribution in [3.8, 4) is 5.75 Å². The summed E-state index contributed by atoms with van der Waals surface area (Å²) in [7, 11) is 0. The van der Waals surface area contributed by atoms with E-state index in [1.165, 1.54) is 36.0 Å². The molecule has 0 radical (unpaired) electrons. The van der Waals surface area contributed by atoms with Crippen LogP contribution in [-0.4, -0.2) is 12.5 Å². The lowest BCUT2D eigenvalue weighted by Gasteiger charge is -2.20. The summed E-state index contributed by atoms with van der Waals surface area (Å²) < 4.78 is 5.66. The Hall–Kier alpha value is -2.29. The minimum atomic E-state index is 0.0258. The smallest absolute Gasteiger partial charge is 0.223 e. The molecule has 2 aromatic carbocycles. The fourth-order valence-corrected chi connectivity index (χ4v) is 3.39. The van der Waals surface area contributed by atoms with Crippen LogP contribution in [0.25, 0.3) is 0 Å². The maximum atomic E-state index is 12.2. The molecule has 1 aliphatic carbocycles. The fourth-order valence-electron chi connectivity index (χ4n) is 3.39. The highest BCUT2D eigenvalue weighted by atomic mass is 16.5. The SMILES string of the molecule is Cc1cccc(OCCC(=O)NC(C)c2ccc3c(c2)CCCC3)c1. The van der Waals surface area contributed by atoms with E-state index in [0.717, 1.165) is 17.7 Å². The molecule has 1 amide bonds. The van der Waals surface area contributed by atoms with Crippen LogP contribution in [0.3, 0.4) is 0 Å². The molecular formula is C22H27NO2.